The van der Waals surface area contributed by atoms with Crippen molar-refractivity contribution < 1.29 is 14.3 Å². The van der Waals surface area contributed by atoms with Crippen molar-refractivity contribution in [3.05, 3.63) is 29.8 Å². The molecule has 1 atom stereocenters. The van der Waals surface area contributed by atoms with E-state index in [0.29, 0.717) is 13.2 Å². The fraction of sp³-hybridized carbons (Fsp3) is 0.429. The maximum absolute atomic E-state index is 11.8. The van der Waals surface area contributed by atoms with E-state index >= 15 is 0 Å². The van der Waals surface area contributed by atoms with Gasteiger partial charge in [-0.3, -0.25) is 10.1 Å². The van der Waals surface area contributed by atoms with Crippen molar-refractivity contribution in [2.75, 3.05) is 19.0 Å². The molecule has 0 aromatic heterocycles. The highest BCUT2D eigenvalue weighted by Crippen LogP contribution is 2.16. The third kappa shape index (κ3) is 4.89. The van der Waals surface area contributed by atoms with Crippen LogP contribution in [-0.2, 0) is 16.1 Å². The summed E-state index contributed by atoms with van der Waals surface area (Å²) in [6.07, 6.45) is 0. The number of rotatable bonds is 6. The van der Waals surface area contributed by atoms with Gasteiger partial charge in [-0.15, -0.1) is 0 Å². The molecule has 0 aliphatic rings. The summed E-state index contributed by atoms with van der Waals surface area (Å²) in [7, 11) is 1.61. The molecule has 0 spiro atoms. The monoisotopic (exact) mass is 279 g/mol. The molecule has 110 valence electrons. The number of hydrogen-bond donors (Lipinski definition) is 3. The molecule has 1 unspecified atom stereocenters. The number of carbonyl (C=O) groups is 2. The predicted octanol–water partition coefficient (Wildman–Crippen LogP) is 1.48. The molecule has 1 aromatic rings. The van der Waals surface area contributed by atoms with Gasteiger partial charge in [-0.1, -0.05) is 18.2 Å². The quantitative estimate of drug-likeness (QED) is 0.737. The Bertz CT molecular complexity index is 463. The van der Waals surface area contributed by atoms with Gasteiger partial charge >= 0.3 is 6.03 Å². The van der Waals surface area contributed by atoms with E-state index in [4.69, 9.17) is 4.74 Å². The number of methoxy groups -OCH3 is 1. The standard InChI is InChI=1S/C14H21N3O3/c1-4-15-14(19)17-13(18)10(2)16-12-8-6-5-7-11(12)9-20-3/h5-8,10,16H,4,9H2,1-3H3,(H2,15,17,18,19). The lowest BCUT2D eigenvalue weighted by atomic mass is 10.1. The maximum Gasteiger partial charge on any atom is 0.321 e. The summed E-state index contributed by atoms with van der Waals surface area (Å²) in [5.74, 6) is -0.386. The number of hydrogen-bond acceptors (Lipinski definition) is 4. The summed E-state index contributed by atoms with van der Waals surface area (Å²) in [4.78, 5) is 23.1. The van der Waals surface area contributed by atoms with E-state index in [1.807, 2.05) is 24.3 Å². The Hall–Kier alpha value is -2.08. The van der Waals surface area contributed by atoms with Crippen molar-refractivity contribution in [1.82, 2.24) is 10.6 Å². The molecule has 3 amide bonds. The molecule has 0 bridgehead atoms. The summed E-state index contributed by atoms with van der Waals surface area (Å²) >= 11 is 0. The molecule has 0 saturated heterocycles. The van der Waals surface area contributed by atoms with Crippen LogP contribution in [0.2, 0.25) is 0 Å². The third-order valence-corrected chi connectivity index (χ3v) is 2.66. The zero-order valence-electron chi connectivity index (χ0n) is 12.0. The van der Waals surface area contributed by atoms with Gasteiger partial charge in [-0.25, -0.2) is 4.79 Å². The summed E-state index contributed by atoms with van der Waals surface area (Å²) in [6.45, 7) is 4.40. The minimum atomic E-state index is -0.532. The average molecular weight is 279 g/mol. The van der Waals surface area contributed by atoms with Crippen LogP contribution in [0.1, 0.15) is 19.4 Å². The Morgan fingerprint density at radius 1 is 1.30 bits per heavy atom. The molecule has 6 heteroatoms. The number of anilines is 1. The number of urea groups is 1. The van der Waals surface area contributed by atoms with Gasteiger partial charge in [0.2, 0.25) is 5.91 Å². The van der Waals surface area contributed by atoms with Crippen molar-refractivity contribution in [3.8, 4) is 0 Å². The number of imide groups is 1. The van der Waals surface area contributed by atoms with Crippen LogP contribution in [0.15, 0.2) is 24.3 Å². The highest BCUT2D eigenvalue weighted by atomic mass is 16.5. The highest BCUT2D eigenvalue weighted by Gasteiger charge is 2.16. The molecule has 0 heterocycles. The lowest BCUT2D eigenvalue weighted by Crippen LogP contribution is -2.45. The fourth-order valence-electron chi connectivity index (χ4n) is 1.67. The number of amides is 3. The van der Waals surface area contributed by atoms with Gasteiger partial charge in [0.25, 0.3) is 0 Å². The molecular weight excluding hydrogens is 258 g/mol. The molecule has 3 N–H and O–H groups in total. The molecule has 0 aliphatic heterocycles. The van der Waals surface area contributed by atoms with E-state index in [-0.39, 0.29) is 5.91 Å². The second-order valence-electron chi connectivity index (χ2n) is 4.30. The van der Waals surface area contributed by atoms with Crippen LogP contribution < -0.4 is 16.0 Å². The van der Waals surface area contributed by atoms with Gasteiger partial charge in [0.15, 0.2) is 0 Å². The number of nitrogens with one attached hydrogen (secondary N) is 3. The van der Waals surface area contributed by atoms with Gasteiger partial charge in [0.1, 0.15) is 6.04 Å². The minimum absolute atomic E-state index is 0.386. The van der Waals surface area contributed by atoms with E-state index < -0.39 is 12.1 Å². The molecule has 6 nitrogen and oxygen atoms in total. The number of benzene rings is 1. The van der Waals surface area contributed by atoms with Gasteiger partial charge in [-0.05, 0) is 19.9 Å². The van der Waals surface area contributed by atoms with Crippen molar-refractivity contribution in [2.24, 2.45) is 0 Å². The lowest BCUT2D eigenvalue weighted by molar-refractivity contribution is -0.120. The normalized spacial score (nSPS) is 11.6. The Kier molecular flexibility index (Phi) is 6.52. The van der Waals surface area contributed by atoms with Crippen molar-refractivity contribution >= 4 is 17.6 Å². The molecule has 20 heavy (non-hydrogen) atoms. The molecule has 1 rings (SSSR count). The largest absolute Gasteiger partial charge is 0.380 e. The van der Waals surface area contributed by atoms with Crippen LogP contribution in [0, 0.1) is 0 Å². The van der Waals surface area contributed by atoms with Crippen molar-refractivity contribution in [2.45, 2.75) is 26.5 Å². The Morgan fingerprint density at radius 2 is 2.00 bits per heavy atom. The Morgan fingerprint density at radius 3 is 2.65 bits per heavy atom. The Labute approximate surface area is 118 Å². The van der Waals surface area contributed by atoms with Gasteiger partial charge in [0, 0.05) is 24.9 Å². The highest BCUT2D eigenvalue weighted by molar-refractivity contribution is 5.98. The summed E-state index contributed by atoms with van der Waals surface area (Å²) in [5, 5.41) is 7.85. The van der Waals surface area contributed by atoms with Crippen LogP contribution in [0.25, 0.3) is 0 Å². The maximum atomic E-state index is 11.8. The second-order valence-corrected chi connectivity index (χ2v) is 4.30. The lowest BCUT2D eigenvalue weighted by Gasteiger charge is -2.17. The third-order valence-electron chi connectivity index (χ3n) is 2.66. The van der Waals surface area contributed by atoms with Crippen LogP contribution >= 0.6 is 0 Å². The zero-order valence-corrected chi connectivity index (χ0v) is 12.0. The Balaban J connectivity index is 2.63. The van der Waals surface area contributed by atoms with E-state index in [2.05, 4.69) is 16.0 Å². The first-order chi connectivity index (χ1) is 9.58. The number of ether oxygens (including phenoxy) is 1. The van der Waals surface area contributed by atoms with Gasteiger partial charge in [-0.2, -0.15) is 0 Å². The van der Waals surface area contributed by atoms with Crippen LogP contribution in [0.4, 0.5) is 10.5 Å². The van der Waals surface area contributed by atoms with Crippen LogP contribution in [0.3, 0.4) is 0 Å². The smallest absolute Gasteiger partial charge is 0.321 e. The topological polar surface area (TPSA) is 79.5 Å². The fourth-order valence-corrected chi connectivity index (χ4v) is 1.67. The first-order valence-electron chi connectivity index (χ1n) is 6.50. The molecular formula is C14H21N3O3. The minimum Gasteiger partial charge on any atom is -0.380 e. The first-order valence-corrected chi connectivity index (χ1v) is 6.50. The zero-order chi connectivity index (χ0) is 15.0. The van der Waals surface area contributed by atoms with E-state index in [9.17, 15) is 9.59 Å². The predicted molar refractivity (Wildman–Crippen MR) is 77.5 cm³/mol. The average Bonchev–Trinajstić information content (AvgIpc) is 2.41. The van der Waals surface area contributed by atoms with E-state index in [1.54, 1.807) is 21.0 Å². The van der Waals surface area contributed by atoms with Crippen molar-refractivity contribution in [3.63, 3.8) is 0 Å². The van der Waals surface area contributed by atoms with E-state index in [0.717, 1.165) is 11.3 Å². The molecule has 0 radical (unpaired) electrons. The summed E-state index contributed by atoms with van der Waals surface area (Å²) in [6, 6.07) is 6.53. The number of carbonyl (C=O) groups excluding carboxylic acids is 2. The van der Waals surface area contributed by atoms with Crippen LogP contribution in [0.5, 0.6) is 0 Å². The van der Waals surface area contributed by atoms with Crippen LogP contribution in [-0.4, -0.2) is 31.6 Å². The molecule has 0 fully saturated rings. The number of para-hydroxylation sites is 1. The van der Waals surface area contributed by atoms with Gasteiger partial charge < -0.3 is 15.4 Å². The first kappa shape index (κ1) is 16.0. The second kappa shape index (κ2) is 8.16. The summed E-state index contributed by atoms with van der Waals surface area (Å²) in [5.41, 5.74) is 1.76. The van der Waals surface area contributed by atoms with Gasteiger partial charge in [0.05, 0.1) is 6.61 Å². The van der Waals surface area contributed by atoms with Crippen molar-refractivity contribution in [1.29, 1.82) is 0 Å². The SMILES string of the molecule is CCNC(=O)NC(=O)C(C)Nc1ccccc1COC. The molecule has 0 aliphatic carbocycles. The van der Waals surface area contributed by atoms with E-state index in [1.165, 1.54) is 0 Å². The molecule has 0 saturated carbocycles. The summed E-state index contributed by atoms with van der Waals surface area (Å²) < 4.78 is 5.10. The molecule has 1 aromatic carbocycles.